The van der Waals surface area contributed by atoms with E-state index in [0.29, 0.717) is 11.8 Å². The number of hydrogen-bond donors (Lipinski definition) is 1. The summed E-state index contributed by atoms with van der Waals surface area (Å²) in [6, 6.07) is 8.11. The summed E-state index contributed by atoms with van der Waals surface area (Å²) in [4.78, 5) is 0. The van der Waals surface area contributed by atoms with Crippen LogP contribution in [0, 0.1) is 6.92 Å². The van der Waals surface area contributed by atoms with E-state index in [9.17, 15) is 0 Å². The minimum absolute atomic E-state index is 0.0928. The molecule has 0 aliphatic carbocycles. The first-order valence-corrected chi connectivity index (χ1v) is 6.35. The van der Waals surface area contributed by atoms with E-state index < -0.39 is 0 Å². The largest absolute Gasteiger partial charge is 0.419 e. The first-order valence-electron chi connectivity index (χ1n) is 6.35. The number of nitrogens with one attached hydrogen (secondary N) is 1. The molecule has 0 aliphatic heterocycles. The summed E-state index contributed by atoms with van der Waals surface area (Å²) in [7, 11) is 0. The van der Waals surface area contributed by atoms with Crippen molar-refractivity contribution in [2.45, 2.75) is 33.2 Å². The first kappa shape index (κ1) is 12.8. The SMILES string of the molecule is CCCNC(C)c1nnc(-c2ccccc2C)o1. The van der Waals surface area contributed by atoms with E-state index in [-0.39, 0.29) is 6.04 Å². The van der Waals surface area contributed by atoms with Gasteiger partial charge < -0.3 is 9.73 Å². The van der Waals surface area contributed by atoms with E-state index in [0.717, 1.165) is 24.1 Å². The van der Waals surface area contributed by atoms with Crippen LogP contribution in [0.15, 0.2) is 28.7 Å². The number of benzene rings is 1. The Labute approximate surface area is 107 Å². The molecule has 1 atom stereocenters. The summed E-state index contributed by atoms with van der Waals surface area (Å²) in [5, 5.41) is 11.6. The highest BCUT2D eigenvalue weighted by atomic mass is 16.4. The molecule has 4 nitrogen and oxygen atoms in total. The maximum Gasteiger partial charge on any atom is 0.248 e. The van der Waals surface area contributed by atoms with Crippen LogP contribution in [0.2, 0.25) is 0 Å². The molecule has 1 N–H and O–H groups in total. The van der Waals surface area contributed by atoms with Gasteiger partial charge in [-0.3, -0.25) is 0 Å². The molecule has 1 aromatic carbocycles. The summed E-state index contributed by atoms with van der Waals surface area (Å²) in [6.45, 7) is 7.15. The van der Waals surface area contributed by atoms with Gasteiger partial charge in [-0.1, -0.05) is 25.1 Å². The topological polar surface area (TPSA) is 51.0 Å². The van der Waals surface area contributed by atoms with Crippen molar-refractivity contribution in [1.29, 1.82) is 0 Å². The molecule has 96 valence electrons. The van der Waals surface area contributed by atoms with Crippen LogP contribution in [0.5, 0.6) is 0 Å². The highest BCUT2D eigenvalue weighted by Gasteiger charge is 2.14. The molecule has 0 saturated carbocycles. The summed E-state index contributed by atoms with van der Waals surface area (Å²) < 4.78 is 5.72. The van der Waals surface area contributed by atoms with Gasteiger partial charge in [0, 0.05) is 5.56 Å². The van der Waals surface area contributed by atoms with Crippen LogP contribution in [0.4, 0.5) is 0 Å². The van der Waals surface area contributed by atoms with E-state index in [1.807, 2.05) is 38.1 Å². The van der Waals surface area contributed by atoms with Crippen LogP contribution in [0.1, 0.15) is 37.8 Å². The summed E-state index contributed by atoms with van der Waals surface area (Å²) in [5.41, 5.74) is 2.14. The minimum atomic E-state index is 0.0928. The predicted octanol–water partition coefficient (Wildman–Crippen LogP) is 3.11. The van der Waals surface area contributed by atoms with Crippen molar-refractivity contribution in [3.05, 3.63) is 35.7 Å². The number of rotatable bonds is 5. The highest BCUT2D eigenvalue weighted by molar-refractivity contribution is 5.57. The molecule has 18 heavy (non-hydrogen) atoms. The van der Waals surface area contributed by atoms with Gasteiger partial charge in [0.15, 0.2) is 0 Å². The number of nitrogens with zero attached hydrogens (tertiary/aromatic N) is 2. The molecule has 1 heterocycles. The van der Waals surface area contributed by atoms with Gasteiger partial charge in [-0.15, -0.1) is 10.2 Å². The maximum absolute atomic E-state index is 5.72. The lowest BCUT2D eigenvalue weighted by molar-refractivity contribution is 0.423. The molecule has 2 aromatic rings. The summed E-state index contributed by atoms with van der Waals surface area (Å²) in [5.74, 6) is 1.23. The molecule has 0 bridgehead atoms. The molecule has 0 fully saturated rings. The number of hydrogen-bond acceptors (Lipinski definition) is 4. The van der Waals surface area contributed by atoms with Gasteiger partial charge >= 0.3 is 0 Å². The monoisotopic (exact) mass is 245 g/mol. The molecule has 1 unspecified atom stereocenters. The molecule has 4 heteroatoms. The van der Waals surface area contributed by atoms with Gasteiger partial charge in [0.1, 0.15) is 0 Å². The molecule has 1 aromatic heterocycles. The Kier molecular flexibility index (Phi) is 4.10. The van der Waals surface area contributed by atoms with E-state index in [4.69, 9.17) is 4.42 Å². The van der Waals surface area contributed by atoms with Crippen LogP contribution in [-0.2, 0) is 0 Å². The lowest BCUT2D eigenvalue weighted by Crippen LogP contribution is -2.19. The van der Waals surface area contributed by atoms with Crippen molar-refractivity contribution in [3.8, 4) is 11.5 Å². The second-order valence-electron chi connectivity index (χ2n) is 4.44. The van der Waals surface area contributed by atoms with E-state index in [1.54, 1.807) is 0 Å². The van der Waals surface area contributed by atoms with Gasteiger partial charge in [-0.25, -0.2) is 0 Å². The van der Waals surface area contributed by atoms with Gasteiger partial charge in [0.05, 0.1) is 6.04 Å². The molecule has 0 saturated heterocycles. The van der Waals surface area contributed by atoms with Crippen LogP contribution in [0.3, 0.4) is 0 Å². The van der Waals surface area contributed by atoms with Gasteiger partial charge in [-0.05, 0) is 38.4 Å². The van der Waals surface area contributed by atoms with Gasteiger partial charge in [0.2, 0.25) is 11.8 Å². The Bertz CT molecular complexity index is 507. The fourth-order valence-electron chi connectivity index (χ4n) is 1.78. The predicted molar refractivity (Wildman–Crippen MR) is 71.2 cm³/mol. The molecular formula is C14H19N3O. The van der Waals surface area contributed by atoms with E-state index >= 15 is 0 Å². The van der Waals surface area contributed by atoms with Gasteiger partial charge in [0.25, 0.3) is 0 Å². The maximum atomic E-state index is 5.72. The number of aryl methyl sites for hydroxylation is 1. The highest BCUT2D eigenvalue weighted by Crippen LogP contribution is 2.23. The van der Waals surface area contributed by atoms with Gasteiger partial charge in [-0.2, -0.15) is 0 Å². The lowest BCUT2D eigenvalue weighted by atomic mass is 10.1. The van der Waals surface area contributed by atoms with E-state index in [2.05, 4.69) is 22.4 Å². The molecule has 2 rings (SSSR count). The summed E-state index contributed by atoms with van der Waals surface area (Å²) in [6.07, 6.45) is 1.09. The third kappa shape index (κ3) is 2.76. The average molecular weight is 245 g/mol. The third-order valence-electron chi connectivity index (χ3n) is 2.89. The smallest absolute Gasteiger partial charge is 0.248 e. The molecular weight excluding hydrogens is 226 g/mol. The Morgan fingerprint density at radius 1 is 1.28 bits per heavy atom. The van der Waals surface area contributed by atoms with Crippen molar-refractivity contribution in [1.82, 2.24) is 15.5 Å². The van der Waals surface area contributed by atoms with E-state index in [1.165, 1.54) is 0 Å². The second-order valence-corrected chi connectivity index (χ2v) is 4.44. The Morgan fingerprint density at radius 3 is 2.78 bits per heavy atom. The zero-order chi connectivity index (χ0) is 13.0. The first-order chi connectivity index (χ1) is 8.72. The lowest BCUT2D eigenvalue weighted by Gasteiger charge is -2.07. The van der Waals surface area contributed by atoms with Crippen molar-refractivity contribution < 1.29 is 4.42 Å². The van der Waals surface area contributed by atoms with Crippen LogP contribution >= 0.6 is 0 Å². The Hall–Kier alpha value is -1.68. The molecule has 0 spiro atoms. The normalized spacial score (nSPS) is 12.6. The van der Waals surface area contributed by atoms with Crippen LogP contribution in [0.25, 0.3) is 11.5 Å². The molecule has 0 amide bonds. The Balaban J connectivity index is 2.18. The fourth-order valence-corrected chi connectivity index (χ4v) is 1.78. The standard InChI is InChI=1S/C14H19N3O/c1-4-9-15-11(3)13-16-17-14(18-13)12-8-6-5-7-10(12)2/h5-8,11,15H,4,9H2,1-3H3. The van der Waals surface area contributed by atoms with Crippen molar-refractivity contribution >= 4 is 0 Å². The van der Waals surface area contributed by atoms with Crippen LogP contribution in [-0.4, -0.2) is 16.7 Å². The van der Waals surface area contributed by atoms with Crippen molar-refractivity contribution in [2.75, 3.05) is 6.54 Å². The average Bonchev–Trinajstić information content (AvgIpc) is 2.86. The minimum Gasteiger partial charge on any atom is -0.419 e. The molecule has 0 aliphatic rings. The Morgan fingerprint density at radius 2 is 2.06 bits per heavy atom. The quantitative estimate of drug-likeness (QED) is 0.879. The summed E-state index contributed by atoms with van der Waals surface area (Å²) >= 11 is 0. The van der Waals surface area contributed by atoms with Crippen LogP contribution < -0.4 is 5.32 Å². The number of aromatic nitrogens is 2. The van der Waals surface area contributed by atoms with Crippen molar-refractivity contribution in [2.24, 2.45) is 0 Å². The zero-order valence-electron chi connectivity index (χ0n) is 11.1. The zero-order valence-corrected chi connectivity index (χ0v) is 11.1. The molecule has 0 radical (unpaired) electrons. The third-order valence-corrected chi connectivity index (χ3v) is 2.89. The fraction of sp³-hybridized carbons (Fsp3) is 0.429. The second kappa shape index (κ2) is 5.78. The van der Waals surface area contributed by atoms with Crippen molar-refractivity contribution in [3.63, 3.8) is 0 Å².